The van der Waals surface area contributed by atoms with E-state index in [0.29, 0.717) is 12.3 Å². The monoisotopic (exact) mass is 244 g/mol. The highest BCUT2D eigenvalue weighted by atomic mass is 19.4. The summed E-state index contributed by atoms with van der Waals surface area (Å²) in [5, 5.41) is 4.25. The number of hydrogen-bond acceptors (Lipinski definition) is 1. The number of halogens is 3. The summed E-state index contributed by atoms with van der Waals surface area (Å²) in [6.45, 7) is 1.14. The zero-order valence-corrected chi connectivity index (χ0v) is 9.26. The van der Waals surface area contributed by atoms with Gasteiger partial charge in [0.05, 0.1) is 13.0 Å². The number of hydrogen-bond donors (Lipinski definition) is 0. The van der Waals surface area contributed by atoms with Crippen molar-refractivity contribution >= 4 is 0 Å². The van der Waals surface area contributed by atoms with Crippen LogP contribution in [0.25, 0.3) is 0 Å². The molecule has 0 unspecified atom stereocenters. The van der Waals surface area contributed by atoms with Gasteiger partial charge >= 0.3 is 6.18 Å². The van der Waals surface area contributed by atoms with E-state index in [1.54, 1.807) is 6.07 Å². The van der Waals surface area contributed by atoms with Crippen molar-refractivity contribution in [2.45, 2.75) is 25.6 Å². The van der Waals surface area contributed by atoms with Gasteiger partial charge in [0.15, 0.2) is 0 Å². The molecule has 1 aromatic carbocycles. The van der Waals surface area contributed by atoms with Crippen molar-refractivity contribution in [2.75, 3.05) is 13.2 Å². The standard InChI is InChI=1S/C12H13F3NO/c13-12(14,15)4-6-17-11-2-1-10-8-16-5-3-9(10)7-11/h1-2,7H,3-6,8H2. The number of nitrogens with zero attached hydrogens (tertiary/aromatic N) is 1. The van der Waals surface area contributed by atoms with Crippen molar-refractivity contribution in [3.8, 4) is 5.75 Å². The lowest BCUT2D eigenvalue weighted by molar-refractivity contribution is -0.139. The fourth-order valence-corrected chi connectivity index (χ4v) is 1.76. The Morgan fingerprint density at radius 3 is 2.82 bits per heavy atom. The summed E-state index contributed by atoms with van der Waals surface area (Å²) in [6, 6.07) is 5.40. The first-order chi connectivity index (χ1) is 8.04. The lowest BCUT2D eigenvalue weighted by Gasteiger charge is -2.17. The van der Waals surface area contributed by atoms with Crippen molar-refractivity contribution < 1.29 is 17.9 Å². The third kappa shape index (κ3) is 3.63. The lowest BCUT2D eigenvalue weighted by atomic mass is 10.0. The molecule has 1 radical (unpaired) electrons. The highest BCUT2D eigenvalue weighted by Crippen LogP contribution is 2.23. The Balaban J connectivity index is 1.93. The van der Waals surface area contributed by atoms with Crippen LogP contribution in [0.1, 0.15) is 17.5 Å². The van der Waals surface area contributed by atoms with E-state index in [1.807, 2.05) is 12.1 Å². The zero-order chi connectivity index (χ0) is 12.3. The fraction of sp³-hybridized carbons (Fsp3) is 0.500. The molecule has 93 valence electrons. The maximum absolute atomic E-state index is 11.9. The van der Waals surface area contributed by atoms with Crippen LogP contribution in [0, 0.1) is 0 Å². The van der Waals surface area contributed by atoms with E-state index in [0.717, 1.165) is 24.1 Å². The first-order valence-electron chi connectivity index (χ1n) is 5.49. The highest BCUT2D eigenvalue weighted by molar-refractivity contribution is 5.37. The second-order valence-corrected chi connectivity index (χ2v) is 4.00. The van der Waals surface area contributed by atoms with Gasteiger partial charge in [0.1, 0.15) is 5.75 Å². The second-order valence-electron chi connectivity index (χ2n) is 4.00. The van der Waals surface area contributed by atoms with E-state index < -0.39 is 12.6 Å². The first-order valence-corrected chi connectivity index (χ1v) is 5.49. The summed E-state index contributed by atoms with van der Waals surface area (Å²) in [5.74, 6) is 0.509. The van der Waals surface area contributed by atoms with Crippen LogP contribution in [0.5, 0.6) is 5.75 Å². The largest absolute Gasteiger partial charge is 0.493 e. The van der Waals surface area contributed by atoms with Crippen molar-refractivity contribution in [3.63, 3.8) is 0 Å². The minimum absolute atomic E-state index is 0.327. The second kappa shape index (κ2) is 4.96. The van der Waals surface area contributed by atoms with Gasteiger partial charge in [-0.05, 0) is 29.7 Å². The molecule has 0 N–H and O–H groups in total. The lowest BCUT2D eigenvalue weighted by Crippen LogP contribution is -2.17. The van der Waals surface area contributed by atoms with Gasteiger partial charge in [-0.2, -0.15) is 13.2 Å². The molecule has 0 spiro atoms. The number of fused-ring (bicyclic) bond motifs is 1. The van der Waals surface area contributed by atoms with Gasteiger partial charge in [-0.25, -0.2) is 5.32 Å². The molecule has 1 heterocycles. The number of benzene rings is 1. The molecule has 0 saturated carbocycles. The summed E-state index contributed by atoms with van der Waals surface area (Å²) in [5.41, 5.74) is 2.27. The van der Waals surface area contributed by atoms with Gasteiger partial charge in [0, 0.05) is 13.1 Å². The third-order valence-electron chi connectivity index (χ3n) is 2.65. The van der Waals surface area contributed by atoms with Crippen LogP contribution in [0.15, 0.2) is 18.2 Å². The molecule has 1 aliphatic heterocycles. The fourth-order valence-electron chi connectivity index (χ4n) is 1.76. The van der Waals surface area contributed by atoms with Gasteiger partial charge in [-0.1, -0.05) is 6.07 Å². The van der Waals surface area contributed by atoms with Crippen LogP contribution in [0.3, 0.4) is 0 Å². The van der Waals surface area contributed by atoms with Crippen molar-refractivity contribution in [1.29, 1.82) is 0 Å². The Morgan fingerprint density at radius 1 is 1.24 bits per heavy atom. The van der Waals surface area contributed by atoms with Gasteiger partial charge in [-0.3, -0.25) is 0 Å². The summed E-state index contributed by atoms with van der Waals surface area (Å²) in [6.07, 6.45) is -4.24. The Morgan fingerprint density at radius 2 is 2.06 bits per heavy atom. The number of ether oxygens (including phenoxy) is 1. The first kappa shape index (κ1) is 12.2. The molecular weight excluding hydrogens is 231 g/mol. The predicted molar refractivity (Wildman–Crippen MR) is 57.0 cm³/mol. The number of rotatable bonds is 3. The topological polar surface area (TPSA) is 23.3 Å². The SMILES string of the molecule is FC(F)(F)CCOc1ccc2c(c1)CC[N]C2. The van der Waals surface area contributed by atoms with E-state index >= 15 is 0 Å². The molecule has 0 aromatic heterocycles. The predicted octanol–water partition coefficient (Wildman–Crippen LogP) is 2.68. The Bertz CT molecular complexity index is 390. The van der Waals surface area contributed by atoms with E-state index in [9.17, 15) is 13.2 Å². The molecule has 0 bridgehead atoms. The Hall–Kier alpha value is -1.23. The Kier molecular flexibility index (Phi) is 3.57. The van der Waals surface area contributed by atoms with Crippen LogP contribution in [-0.4, -0.2) is 19.3 Å². The number of alkyl halides is 3. The van der Waals surface area contributed by atoms with Crippen molar-refractivity contribution in [3.05, 3.63) is 29.3 Å². The van der Waals surface area contributed by atoms with Crippen LogP contribution in [0.2, 0.25) is 0 Å². The van der Waals surface area contributed by atoms with Gasteiger partial charge in [0.2, 0.25) is 0 Å². The zero-order valence-electron chi connectivity index (χ0n) is 9.26. The normalized spacial score (nSPS) is 15.5. The van der Waals surface area contributed by atoms with E-state index in [4.69, 9.17) is 4.74 Å². The smallest absolute Gasteiger partial charge is 0.392 e. The van der Waals surface area contributed by atoms with Gasteiger partial charge in [-0.15, -0.1) is 0 Å². The van der Waals surface area contributed by atoms with Crippen LogP contribution < -0.4 is 10.1 Å². The van der Waals surface area contributed by atoms with Gasteiger partial charge < -0.3 is 4.74 Å². The summed E-state index contributed by atoms with van der Waals surface area (Å²) in [7, 11) is 0. The molecule has 17 heavy (non-hydrogen) atoms. The average molecular weight is 244 g/mol. The minimum Gasteiger partial charge on any atom is -0.493 e. The van der Waals surface area contributed by atoms with Crippen molar-refractivity contribution in [2.24, 2.45) is 0 Å². The summed E-state index contributed by atoms with van der Waals surface area (Å²) in [4.78, 5) is 0. The summed E-state index contributed by atoms with van der Waals surface area (Å²) < 4.78 is 40.9. The van der Waals surface area contributed by atoms with Crippen LogP contribution >= 0.6 is 0 Å². The third-order valence-corrected chi connectivity index (χ3v) is 2.65. The Labute approximate surface area is 97.8 Å². The molecule has 0 aliphatic carbocycles. The maximum atomic E-state index is 11.9. The molecule has 2 rings (SSSR count). The minimum atomic E-state index is -4.16. The van der Waals surface area contributed by atoms with E-state index in [2.05, 4.69) is 5.32 Å². The quantitative estimate of drug-likeness (QED) is 0.801. The molecule has 0 fully saturated rings. The van der Waals surface area contributed by atoms with Crippen LogP contribution in [-0.2, 0) is 13.0 Å². The molecule has 5 heteroatoms. The molecule has 1 aliphatic rings. The molecule has 0 atom stereocenters. The maximum Gasteiger partial charge on any atom is 0.392 e. The van der Waals surface area contributed by atoms with Crippen molar-refractivity contribution in [1.82, 2.24) is 5.32 Å². The van der Waals surface area contributed by atoms with E-state index in [1.165, 1.54) is 0 Å². The highest BCUT2D eigenvalue weighted by Gasteiger charge is 2.26. The molecule has 1 aromatic rings. The molecule has 2 nitrogen and oxygen atoms in total. The average Bonchev–Trinajstić information content (AvgIpc) is 2.27. The molecule has 0 saturated heterocycles. The molecule has 0 amide bonds. The van der Waals surface area contributed by atoms with Crippen LogP contribution in [0.4, 0.5) is 13.2 Å². The van der Waals surface area contributed by atoms with E-state index in [-0.39, 0.29) is 6.61 Å². The molecular formula is C12H13F3NO. The van der Waals surface area contributed by atoms with Gasteiger partial charge in [0.25, 0.3) is 0 Å². The summed E-state index contributed by atoms with van der Waals surface area (Å²) >= 11 is 0.